The lowest BCUT2D eigenvalue weighted by Crippen LogP contribution is -2.45. The van der Waals surface area contributed by atoms with Gasteiger partial charge < -0.3 is 14.8 Å². The van der Waals surface area contributed by atoms with E-state index in [4.69, 9.17) is 0 Å². The second kappa shape index (κ2) is 7.43. The van der Waals surface area contributed by atoms with Crippen LogP contribution in [0.4, 0.5) is 4.39 Å². The van der Waals surface area contributed by atoms with E-state index in [2.05, 4.69) is 10.1 Å². The lowest BCUT2D eigenvalue weighted by molar-refractivity contribution is -0.138. The SMILES string of the molecule is CC(C)(C)OC=O.CN(CC=O)C1(F)CCNC1. The van der Waals surface area contributed by atoms with Crippen LogP contribution in [0.1, 0.15) is 27.2 Å². The third-order valence-electron chi connectivity index (χ3n) is 2.51. The molecule has 0 radical (unpaired) electrons. The Morgan fingerprint density at radius 1 is 1.44 bits per heavy atom. The highest BCUT2D eigenvalue weighted by Gasteiger charge is 2.37. The third-order valence-corrected chi connectivity index (χ3v) is 2.51. The summed E-state index contributed by atoms with van der Waals surface area (Å²) in [6, 6.07) is 0. The summed E-state index contributed by atoms with van der Waals surface area (Å²) in [5, 5.41) is 2.92. The summed E-state index contributed by atoms with van der Waals surface area (Å²) in [6.45, 7) is 7.11. The van der Waals surface area contributed by atoms with Gasteiger partial charge in [-0.25, -0.2) is 4.39 Å². The Morgan fingerprint density at radius 2 is 2.06 bits per heavy atom. The summed E-state index contributed by atoms with van der Waals surface area (Å²) < 4.78 is 18.1. The number of halogens is 1. The van der Waals surface area contributed by atoms with Crippen molar-refractivity contribution in [3.05, 3.63) is 0 Å². The van der Waals surface area contributed by atoms with Crippen LogP contribution >= 0.6 is 0 Å². The largest absolute Gasteiger partial charge is 0.462 e. The van der Waals surface area contributed by atoms with Crippen LogP contribution < -0.4 is 5.32 Å². The molecule has 1 atom stereocenters. The predicted octanol–water partition coefficient (Wildman–Crippen LogP) is 0.734. The van der Waals surface area contributed by atoms with Crippen LogP contribution in [0.3, 0.4) is 0 Å². The van der Waals surface area contributed by atoms with Crippen LogP contribution in [-0.2, 0) is 14.3 Å². The summed E-state index contributed by atoms with van der Waals surface area (Å²) >= 11 is 0. The number of carbonyl (C=O) groups excluding carboxylic acids is 2. The fourth-order valence-electron chi connectivity index (χ4n) is 1.39. The smallest absolute Gasteiger partial charge is 0.293 e. The topological polar surface area (TPSA) is 58.6 Å². The van der Waals surface area contributed by atoms with Crippen molar-refractivity contribution in [2.75, 3.05) is 26.7 Å². The van der Waals surface area contributed by atoms with E-state index in [0.29, 0.717) is 26.0 Å². The molecular formula is C12H23FN2O3. The molecule has 0 aromatic rings. The highest BCUT2D eigenvalue weighted by Crippen LogP contribution is 2.22. The number of alkyl halides is 1. The molecule has 0 aliphatic carbocycles. The van der Waals surface area contributed by atoms with E-state index in [-0.39, 0.29) is 12.1 Å². The Kier molecular flexibility index (Phi) is 7.01. The molecule has 1 saturated heterocycles. The van der Waals surface area contributed by atoms with Gasteiger partial charge in [-0.15, -0.1) is 0 Å². The Hall–Kier alpha value is -1.01. The monoisotopic (exact) mass is 262 g/mol. The van der Waals surface area contributed by atoms with Gasteiger partial charge in [-0.05, 0) is 34.4 Å². The Morgan fingerprint density at radius 3 is 2.33 bits per heavy atom. The van der Waals surface area contributed by atoms with Crippen molar-refractivity contribution in [3.63, 3.8) is 0 Å². The average Bonchev–Trinajstić information content (AvgIpc) is 2.66. The zero-order chi connectivity index (χ0) is 14.2. The molecule has 1 unspecified atom stereocenters. The molecule has 1 rings (SSSR count). The molecule has 6 heteroatoms. The first kappa shape index (κ1) is 17.0. The second-order valence-corrected chi connectivity index (χ2v) is 5.22. The van der Waals surface area contributed by atoms with E-state index >= 15 is 0 Å². The van der Waals surface area contributed by atoms with Gasteiger partial charge in [0.2, 0.25) is 0 Å². The molecule has 0 spiro atoms. The van der Waals surface area contributed by atoms with Crippen LogP contribution in [0, 0.1) is 0 Å². The molecule has 0 saturated carbocycles. The number of rotatable bonds is 4. The molecule has 5 nitrogen and oxygen atoms in total. The number of aldehydes is 1. The van der Waals surface area contributed by atoms with E-state index in [1.54, 1.807) is 7.05 Å². The number of nitrogens with zero attached hydrogens (tertiary/aromatic N) is 1. The number of ether oxygens (including phenoxy) is 1. The summed E-state index contributed by atoms with van der Waals surface area (Å²) in [7, 11) is 1.63. The standard InChI is InChI=1S/C7H13FN2O.C5H10O2/c1-10(4-5-11)7(8)2-3-9-6-7;1-5(2,3)7-4-6/h5,9H,2-4,6H2,1H3;4H,1-3H3. The normalized spacial score (nSPS) is 23.2. The van der Waals surface area contributed by atoms with Gasteiger partial charge in [0.1, 0.15) is 11.9 Å². The van der Waals surface area contributed by atoms with Crippen molar-refractivity contribution in [1.82, 2.24) is 10.2 Å². The van der Waals surface area contributed by atoms with E-state index < -0.39 is 5.79 Å². The third kappa shape index (κ3) is 6.66. The van der Waals surface area contributed by atoms with Gasteiger partial charge >= 0.3 is 0 Å². The van der Waals surface area contributed by atoms with Crippen LogP contribution in [0.15, 0.2) is 0 Å². The van der Waals surface area contributed by atoms with Crippen LogP contribution in [-0.4, -0.2) is 55.7 Å². The van der Waals surface area contributed by atoms with E-state index in [1.165, 1.54) is 4.90 Å². The first-order valence-electron chi connectivity index (χ1n) is 5.91. The molecule has 1 N–H and O–H groups in total. The fourth-order valence-corrected chi connectivity index (χ4v) is 1.39. The molecule has 0 aromatic heterocycles. The first-order valence-corrected chi connectivity index (χ1v) is 5.91. The average molecular weight is 262 g/mol. The van der Waals surface area contributed by atoms with Crippen molar-refractivity contribution in [3.8, 4) is 0 Å². The van der Waals surface area contributed by atoms with Gasteiger partial charge in [-0.2, -0.15) is 0 Å². The molecule has 1 heterocycles. The maximum Gasteiger partial charge on any atom is 0.293 e. The van der Waals surface area contributed by atoms with Gasteiger partial charge in [-0.1, -0.05) is 0 Å². The molecule has 1 fully saturated rings. The van der Waals surface area contributed by atoms with E-state index in [0.717, 1.165) is 6.29 Å². The maximum absolute atomic E-state index is 13.6. The minimum Gasteiger partial charge on any atom is -0.462 e. The molecule has 0 aromatic carbocycles. The van der Waals surface area contributed by atoms with Gasteiger partial charge in [0.05, 0.1) is 6.54 Å². The summed E-state index contributed by atoms with van der Waals surface area (Å²) in [6.07, 6.45) is 1.19. The second-order valence-electron chi connectivity index (χ2n) is 5.22. The predicted molar refractivity (Wildman–Crippen MR) is 66.9 cm³/mol. The van der Waals surface area contributed by atoms with Gasteiger partial charge in [0, 0.05) is 13.0 Å². The van der Waals surface area contributed by atoms with Crippen molar-refractivity contribution in [2.45, 2.75) is 38.6 Å². The summed E-state index contributed by atoms with van der Waals surface area (Å²) in [5.74, 6) is -1.30. The van der Waals surface area contributed by atoms with E-state index in [9.17, 15) is 14.0 Å². The van der Waals surface area contributed by atoms with Crippen LogP contribution in [0.5, 0.6) is 0 Å². The summed E-state index contributed by atoms with van der Waals surface area (Å²) in [5.41, 5.74) is -0.318. The quantitative estimate of drug-likeness (QED) is 0.598. The zero-order valence-electron chi connectivity index (χ0n) is 11.5. The molecule has 18 heavy (non-hydrogen) atoms. The van der Waals surface area contributed by atoms with Crippen molar-refractivity contribution >= 4 is 12.8 Å². The van der Waals surface area contributed by atoms with Gasteiger partial charge in [-0.3, -0.25) is 9.69 Å². The van der Waals surface area contributed by atoms with Gasteiger partial charge in [0.25, 0.3) is 6.47 Å². The number of nitrogens with one attached hydrogen (secondary N) is 1. The minimum absolute atomic E-state index is 0.165. The Bertz CT molecular complexity index is 261. The highest BCUT2D eigenvalue weighted by molar-refractivity contribution is 5.52. The highest BCUT2D eigenvalue weighted by atomic mass is 19.1. The molecule has 0 amide bonds. The molecule has 0 bridgehead atoms. The van der Waals surface area contributed by atoms with Crippen molar-refractivity contribution in [1.29, 1.82) is 0 Å². The molecule has 1 aliphatic rings. The van der Waals surface area contributed by atoms with Crippen molar-refractivity contribution in [2.24, 2.45) is 0 Å². The number of likely N-dealkylation sites (N-methyl/N-ethyl adjacent to an activating group) is 1. The zero-order valence-corrected chi connectivity index (χ0v) is 11.5. The number of carbonyl (C=O) groups is 2. The van der Waals surface area contributed by atoms with Crippen LogP contribution in [0.25, 0.3) is 0 Å². The maximum atomic E-state index is 13.6. The Balaban J connectivity index is 0.000000360. The molecule has 1 aliphatic heterocycles. The molecular weight excluding hydrogens is 239 g/mol. The first-order chi connectivity index (χ1) is 8.25. The number of hydrogen-bond donors (Lipinski definition) is 1. The van der Waals surface area contributed by atoms with Crippen LogP contribution in [0.2, 0.25) is 0 Å². The van der Waals surface area contributed by atoms with Crippen molar-refractivity contribution < 1.29 is 18.7 Å². The van der Waals surface area contributed by atoms with Gasteiger partial charge in [0.15, 0.2) is 5.79 Å². The molecule has 106 valence electrons. The Labute approximate surface area is 108 Å². The summed E-state index contributed by atoms with van der Waals surface area (Å²) in [4.78, 5) is 21.1. The fraction of sp³-hybridized carbons (Fsp3) is 0.833. The lowest BCUT2D eigenvalue weighted by atomic mass is 10.2. The number of hydrogen-bond acceptors (Lipinski definition) is 5. The lowest BCUT2D eigenvalue weighted by Gasteiger charge is -2.28. The van der Waals surface area contributed by atoms with E-state index in [1.807, 2.05) is 20.8 Å². The minimum atomic E-state index is -1.30.